The fourth-order valence-electron chi connectivity index (χ4n) is 2.69. The molecule has 8 heteroatoms. The molecule has 0 radical (unpaired) electrons. The number of aryl methyl sites for hydroxylation is 1. The molecule has 0 aliphatic carbocycles. The van der Waals surface area contributed by atoms with Crippen LogP contribution in [-0.2, 0) is 21.4 Å². The molecule has 3 rings (SSSR count). The van der Waals surface area contributed by atoms with Gasteiger partial charge in [0.25, 0.3) is 10.0 Å². The van der Waals surface area contributed by atoms with Crippen LogP contribution in [0.15, 0.2) is 65.7 Å². The number of hydrogen-bond acceptors (Lipinski definition) is 4. The number of carbonyl (C=O) groups is 1. The summed E-state index contributed by atoms with van der Waals surface area (Å²) < 4.78 is 29.7. The van der Waals surface area contributed by atoms with Gasteiger partial charge in [0.1, 0.15) is 4.90 Å². The highest BCUT2D eigenvalue weighted by atomic mass is 32.2. The maximum absolute atomic E-state index is 12.8. The molecule has 1 amide bonds. The first-order valence-corrected chi connectivity index (χ1v) is 9.80. The van der Waals surface area contributed by atoms with E-state index in [0.29, 0.717) is 23.6 Å². The van der Waals surface area contributed by atoms with E-state index in [1.165, 1.54) is 13.1 Å². The van der Waals surface area contributed by atoms with Gasteiger partial charge in [0.2, 0.25) is 5.91 Å². The fourth-order valence-corrected chi connectivity index (χ4v) is 3.93. The Balaban J connectivity index is 1.82. The second kappa shape index (κ2) is 7.63. The number of benzene rings is 2. The number of carbonyl (C=O) groups excluding carboxylic acids is 1. The Hall–Kier alpha value is -3.13. The minimum atomic E-state index is -3.81. The summed E-state index contributed by atoms with van der Waals surface area (Å²) in [4.78, 5) is 11.3. The summed E-state index contributed by atoms with van der Waals surface area (Å²) in [5.41, 5.74) is 2.31. The molecule has 27 heavy (non-hydrogen) atoms. The zero-order chi connectivity index (χ0) is 19.4. The number of anilines is 2. The Kier molecular flexibility index (Phi) is 5.27. The Bertz CT molecular complexity index is 1060. The van der Waals surface area contributed by atoms with Crippen LogP contribution in [0, 0.1) is 6.92 Å². The highest BCUT2D eigenvalue weighted by Crippen LogP contribution is 2.21. The van der Waals surface area contributed by atoms with Crippen LogP contribution in [0.4, 0.5) is 11.4 Å². The number of nitrogens with zero attached hydrogens (tertiary/aromatic N) is 2. The van der Waals surface area contributed by atoms with Crippen molar-refractivity contribution < 1.29 is 13.2 Å². The molecule has 0 saturated carbocycles. The molecule has 0 aliphatic heterocycles. The van der Waals surface area contributed by atoms with Crippen molar-refractivity contribution in [3.8, 4) is 0 Å². The van der Waals surface area contributed by atoms with Gasteiger partial charge in [0, 0.05) is 18.8 Å². The molecular weight excluding hydrogens is 364 g/mol. The van der Waals surface area contributed by atoms with Gasteiger partial charge in [0.05, 0.1) is 17.9 Å². The van der Waals surface area contributed by atoms with Gasteiger partial charge in [-0.1, -0.05) is 36.4 Å². The van der Waals surface area contributed by atoms with Crippen LogP contribution in [0.3, 0.4) is 0 Å². The maximum atomic E-state index is 12.8. The van der Waals surface area contributed by atoms with Gasteiger partial charge >= 0.3 is 0 Å². The van der Waals surface area contributed by atoms with E-state index in [-0.39, 0.29) is 10.8 Å². The number of nitrogens with one attached hydrogen (secondary N) is 2. The zero-order valence-corrected chi connectivity index (χ0v) is 15.8. The van der Waals surface area contributed by atoms with Gasteiger partial charge in [-0.25, -0.2) is 8.42 Å². The summed E-state index contributed by atoms with van der Waals surface area (Å²) in [5.74, 6) is -0.229. The number of aromatic nitrogens is 2. The van der Waals surface area contributed by atoms with Crippen LogP contribution >= 0.6 is 0 Å². The second-order valence-corrected chi connectivity index (χ2v) is 7.78. The average Bonchev–Trinajstić information content (AvgIpc) is 2.96. The van der Waals surface area contributed by atoms with E-state index >= 15 is 0 Å². The summed E-state index contributed by atoms with van der Waals surface area (Å²) in [6.45, 7) is 3.53. The van der Waals surface area contributed by atoms with Crippen LogP contribution in [0.5, 0.6) is 0 Å². The van der Waals surface area contributed by atoms with Crippen LogP contribution in [-0.4, -0.2) is 24.1 Å². The standard InChI is InChI=1S/C19H20N4O3S/c1-14-19(13-23(21-14)12-16-7-4-3-5-8-16)27(25,26)22-18-10-6-9-17(11-18)20-15(2)24/h3-11,13,22H,12H2,1-2H3,(H,20,24). The molecule has 1 heterocycles. The maximum Gasteiger partial charge on any atom is 0.265 e. The third-order valence-electron chi connectivity index (χ3n) is 3.81. The predicted octanol–water partition coefficient (Wildman–Crippen LogP) is 3.00. The lowest BCUT2D eigenvalue weighted by Crippen LogP contribution is -2.14. The van der Waals surface area contributed by atoms with Crippen molar-refractivity contribution in [2.24, 2.45) is 0 Å². The van der Waals surface area contributed by atoms with E-state index < -0.39 is 10.0 Å². The van der Waals surface area contributed by atoms with Crippen molar-refractivity contribution in [3.63, 3.8) is 0 Å². The van der Waals surface area contributed by atoms with E-state index in [9.17, 15) is 13.2 Å². The lowest BCUT2D eigenvalue weighted by atomic mass is 10.2. The molecule has 0 bridgehead atoms. The molecule has 140 valence electrons. The first kappa shape index (κ1) is 18.7. The minimum Gasteiger partial charge on any atom is -0.326 e. The molecule has 0 fully saturated rings. The smallest absolute Gasteiger partial charge is 0.265 e. The summed E-state index contributed by atoms with van der Waals surface area (Å²) >= 11 is 0. The number of rotatable bonds is 6. The largest absolute Gasteiger partial charge is 0.326 e. The van der Waals surface area contributed by atoms with Crippen molar-refractivity contribution in [1.82, 2.24) is 9.78 Å². The van der Waals surface area contributed by atoms with Crippen LogP contribution in [0.1, 0.15) is 18.2 Å². The van der Waals surface area contributed by atoms with Gasteiger partial charge < -0.3 is 5.32 Å². The van der Waals surface area contributed by atoms with E-state index in [4.69, 9.17) is 0 Å². The molecule has 7 nitrogen and oxygen atoms in total. The van der Waals surface area contributed by atoms with Crippen molar-refractivity contribution in [1.29, 1.82) is 0 Å². The van der Waals surface area contributed by atoms with E-state index in [2.05, 4.69) is 15.1 Å². The first-order chi connectivity index (χ1) is 12.8. The molecule has 1 aromatic heterocycles. The lowest BCUT2D eigenvalue weighted by molar-refractivity contribution is -0.114. The second-order valence-electron chi connectivity index (χ2n) is 6.13. The Morgan fingerprint density at radius 3 is 2.48 bits per heavy atom. The SMILES string of the molecule is CC(=O)Nc1cccc(NS(=O)(=O)c2cn(Cc3ccccc3)nc2C)c1. The van der Waals surface area contributed by atoms with Gasteiger partial charge in [-0.3, -0.25) is 14.2 Å². The summed E-state index contributed by atoms with van der Waals surface area (Å²) in [7, 11) is -3.81. The summed E-state index contributed by atoms with van der Waals surface area (Å²) in [6, 6.07) is 16.2. The lowest BCUT2D eigenvalue weighted by Gasteiger charge is -2.09. The fraction of sp³-hybridized carbons (Fsp3) is 0.158. The normalized spacial score (nSPS) is 11.2. The third-order valence-corrected chi connectivity index (χ3v) is 5.30. The van der Waals surface area contributed by atoms with Crippen molar-refractivity contribution in [2.75, 3.05) is 10.0 Å². The van der Waals surface area contributed by atoms with Crippen LogP contribution in [0.25, 0.3) is 0 Å². The molecule has 0 saturated heterocycles. The highest BCUT2D eigenvalue weighted by Gasteiger charge is 2.20. The van der Waals surface area contributed by atoms with Gasteiger partial charge in [-0.2, -0.15) is 5.10 Å². The summed E-state index contributed by atoms with van der Waals surface area (Å²) in [5, 5.41) is 6.93. The quantitative estimate of drug-likeness (QED) is 0.683. The summed E-state index contributed by atoms with van der Waals surface area (Å²) in [6.07, 6.45) is 1.52. The van der Waals surface area contributed by atoms with Crippen molar-refractivity contribution in [2.45, 2.75) is 25.3 Å². The van der Waals surface area contributed by atoms with E-state index in [1.807, 2.05) is 30.3 Å². The molecule has 2 aromatic carbocycles. The molecular formula is C19H20N4O3S. The third kappa shape index (κ3) is 4.73. The van der Waals surface area contributed by atoms with Gasteiger partial charge in [-0.15, -0.1) is 0 Å². The molecule has 0 atom stereocenters. The number of sulfonamides is 1. The van der Waals surface area contributed by atoms with Crippen molar-refractivity contribution >= 4 is 27.3 Å². The zero-order valence-electron chi connectivity index (χ0n) is 15.0. The van der Waals surface area contributed by atoms with Gasteiger partial charge in [0.15, 0.2) is 0 Å². The highest BCUT2D eigenvalue weighted by molar-refractivity contribution is 7.92. The molecule has 3 aromatic rings. The minimum absolute atomic E-state index is 0.114. The van der Waals surface area contributed by atoms with Gasteiger partial charge in [-0.05, 0) is 30.7 Å². The van der Waals surface area contributed by atoms with E-state index in [1.54, 1.807) is 35.9 Å². The monoisotopic (exact) mass is 384 g/mol. The Morgan fingerprint density at radius 1 is 1.07 bits per heavy atom. The number of hydrogen-bond donors (Lipinski definition) is 2. The predicted molar refractivity (Wildman–Crippen MR) is 104 cm³/mol. The topological polar surface area (TPSA) is 93.1 Å². The Morgan fingerprint density at radius 2 is 1.78 bits per heavy atom. The van der Waals surface area contributed by atoms with Crippen LogP contribution in [0.2, 0.25) is 0 Å². The average molecular weight is 384 g/mol. The van der Waals surface area contributed by atoms with E-state index in [0.717, 1.165) is 5.56 Å². The first-order valence-electron chi connectivity index (χ1n) is 8.32. The number of amides is 1. The van der Waals surface area contributed by atoms with Crippen molar-refractivity contribution in [3.05, 3.63) is 72.1 Å². The molecule has 0 spiro atoms. The Labute approximate surface area is 158 Å². The van der Waals surface area contributed by atoms with Crippen LogP contribution < -0.4 is 10.0 Å². The molecule has 0 aliphatic rings. The molecule has 0 unspecified atom stereocenters. The molecule has 2 N–H and O–H groups in total.